The summed E-state index contributed by atoms with van der Waals surface area (Å²) in [6, 6.07) is 3.97. The normalized spacial score (nSPS) is 10.9. The van der Waals surface area contributed by atoms with Crippen LogP contribution in [0.2, 0.25) is 0 Å². The third-order valence-electron chi connectivity index (χ3n) is 2.70. The first-order valence-electron chi connectivity index (χ1n) is 6.29. The van der Waals surface area contributed by atoms with Crippen LogP contribution < -0.4 is 5.32 Å². The third-order valence-corrected chi connectivity index (χ3v) is 2.70. The Hall–Kier alpha value is -1.26. The minimum absolute atomic E-state index is 0.149. The van der Waals surface area contributed by atoms with Gasteiger partial charge in [0.25, 0.3) is 0 Å². The fourth-order valence-corrected chi connectivity index (χ4v) is 1.55. The summed E-state index contributed by atoms with van der Waals surface area (Å²) in [6.45, 7) is 5.94. The van der Waals surface area contributed by atoms with Crippen LogP contribution in [0.25, 0.3) is 0 Å². The first-order valence-corrected chi connectivity index (χ1v) is 6.29. The molecule has 0 bridgehead atoms. The van der Waals surface area contributed by atoms with Crippen molar-refractivity contribution in [1.29, 1.82) is 0 Å². The molecular weight excluding hydrogens is 228 g/mol. The quantitative estimate of drug-likeness (QED) is 0.711. The lowest BCUT2D eigenvalue weighted by molar-refractivity contribution is -0.117. The summed E-state index contributed by atoms with van der Waals surface area (Å²) in [5.41, 5.74) is 2.03. The second-order valence-corrected chi connectivity index (χ2v) is 4.62. The van der Waals surface area contributed by atoms with Crippen LogP contribution in [0.4, 0.5) is 0 Å². The summed E-state index contributed by atoms with van der Waals surface area (Å²) in [4.78, 5) is 16.0. The highest BCUT2D eigenvalue weighted by Crippen LogP contribution is 2.12. The molecule has 0 radical (unpaired) electrons. The molecule has 0 aliphatic rings. The van der Waals surface area contributed by atoms with Crippen molar-refractivity contribution in [3.05, 3.63) is 29.6 Å². The van der Waals surface area contributed by atoms with Crippen molar-refractivity contribution in [2.45, 2.75) is 26.2 Å². The molecule has 1 rings (SSSR count). The first-order chi connectivity index (χ1) is 8.63. The average molecular weight is 250 g/mol. The van der Waals surface area contributed by atoms with Gasteiger partial charge >= 0.3 is 0 Å². The van der Waals surface area contributed by atoms with Gasteiger partial charge in [0.2, 0.25) is 0 Å². The number of ketones is 1. The van der Waals surface area contributed by atoms with E-state index in [-0.39, 0.29) is 5.78 Å². The van der Waals surface area contributed by atoms with E-state index in [1.807, 2.05) is 18.3 Å². The largest absolute Gasteiger partial charge is 0.383 e. The third kappa shape index (κ3) is 5.38. The van der Waals surface area contributed by atoms with Gasteiger partial charge < -0.3 is 10.1 Å². The number of ether oxygens (including phenoxy) is 1. The molecule has 0 atom stereocenters. The molecule has 1 aromatic rings. The molecule has 0 aromatic carbocycles. The Morgan fingerprint density at radius 3 is 2.78 bits per heavy atom. The van der Waals surface area contributed by atoms with E-state index in [4.69, 9.17) is 4.74 Å². The molecule has 0 aliphatic heterocycles. The van der Waals surface area contributed by atoms with Crippen molar-refractivity contribution < 1.29 is 9.53 Å². The maximum Gasteiger partial charge on any atom is 0.152 e. The molecule has 0 saturated carbocycles. The fraction of sp³-hybridized carbons (Fsp3) is 0.571. The number of methoxy groups -OCH3 is 1. The Balaban J connectivity index is 2.35. The van der Waals surface area contributed by atoms with Crippen LogP contribution in [0.5, 0.6) is 0 Å². The molecule has 1 heterocycles. The molecule has 0 saturated heterocycles. The van der Waals surface area contributed by atoms with Crippen molar-refractivity contribution in [2.24, 2.45) is 0 Å². The molecule has 0 fully saturated rings. The topological polar surface area (TPSA) is 51.2 Å². The maximum atomic E-state index is 11.7. The summed E-state index contributed by atoms with van der Waals surface area (Å²) in [6.07, 6.45) is 2.24. The number of pyridine rings is 1. The lowest BCUT2D eigenvalue weighted by atomic mass is 10.1. The van der Waals surface area contributed by atoms with Gasteiger partial charge in [-0.05, 0) is 17.5 Å². The van der Waals surface area contributed by atoms with Crippen LogP contribution >= 0.6 is 0 Å². The van der Waals surface area contributed by atoms with Gasteiger partial charge in [-0.15, -0.1) is 0 Å². The first kappa shape index (κ1) is 14.8. The van der Waals surface area contributed by atoms with Gasteiger partial charge in [0.05, 0.1) is 19.6 Å². The molecular formula is C14H22N2O2. The number of nitrogens with one attached hydrogen (secondary N) is 1. The van der Waals surface area contributed by atoms with Gasteiger partial charge in [0.1, 0.15) is 0 Å². The zero-order valence-electron chi connectivity index (χ0n) is 11.4. The Bertz CT molecular complexity index is 361. The highest BCUT2D eigenvalue weighted by atomic mass is 16.5. The van der Waals surface area contributed by atoms with Gasteiger partial charge in [0, 0.05) is 25.5 Å². The Morgan fingerprint density at radius 1 is 1.44 bits per heavy atom. The summed E-state index contributed by atoms with van der Waals surface area (Å²) < 4.78 is 4.89. The number of carbonyl (C=O) groups is 1. The predicted molar refractivity (Wildman–Crippen MR) is 71.8 cm³/mol. The summed E-state index contributed by atoms with van der Waals surface area (Å²) in [5, 5.41) is 3.03. The minimum Gasteiger partial charge on any atom is -0.383 e. The number of hydrogen-bond acceptors (Lipinski definition) is 4. The van der Waals surface area contributed by atoms with Crippen LogP contribution in [0.1, 0.15) is 31.0 Å². The SMILES string of the molecule is COCCNCC(=O)Cc1ccc(C(C)C)cn1. The van der Waals surface area contributed by atoms with Crippen LogP contribution in [0, 0.1) is 0 Å². The predicted octanol–water partition coefficient (Wildman–Crippen LogP) is 1.55. The van der Waals surface area contributed by atoms with Crippen molar-refractivity contribution in [3.8, 4) is 0 Å². The van der Waals surface area contributed by atoms with Crippen LogP contribution in [0.15, 0.2) is 18.3 Å². The molecule has 0 unspecified atom stereocenters. The molecule has 1 aromatic heterocycles. The monoisotopic (exact) mass is 250 g/mol. The lowest BCUT2D eigenvalue weighted by Gasteiger charge is -2.06. The maximum absolute atomic E-state index is 11.7. The van der Waals surface area contributed by atoms with Crippen molar-refractivity contribution in [1.82, 2.24) is 10.3 Å². The highest BCUT2D eigenvalue weighted by Gasteiger charge is 2.05. The van der Waals surface area contributed by atoms with E-state index in [1.54, 1.807) is 7.11 Å². The summed E-state index contributed by atoms with van der Waals surface area (Å²) in [5.74, 6) is 0.619. The van der Waals surface area contributed by atoms with Crippen LogP contribution in [0.3, 0.4) is 0 Å². The molecule has 0 spiro atoms. The Morgan fingerprint density at radius 2 is 2.22 bits per heavy atom. The average Bonchev–Trinajstić information content (AvgIpc) is 2.35. The standard InChI is InChI=1S/C14H22N2O2/c1-11(2)12-4-5-13(16-9-12)8-14(17)10-15-6-7-18-3/h4-5,9,11,15H,6-8,10H2,1-3H3. The molecule has 1 N–H and O–H groups in total. The second kappa shape index (κ2) is 7.95. The van der Waals surface area contributed by atoms with E-state index in [0.29, 0.717) is 32.0 Å². The van der Waals surface area contributed by atoms with E-state index >= 15 is 0 Å². The number of rotatable bonds is 8. The van der Waals surface area contributed by atoms with E-state index in [9.17, 15) is 4.79 Å². The Labute approximate surface area is 109 Å². The number of Topliss-reactive ketones (excluding diaryl/α,β-unsaturated/α-hetero) is 1. The van der Waals surface area contributed by atoms with E-state index < -0.39 is 0 Å². The fourth-order valence-electron chi connectivity index (χ4n) is 1.55. The zero-order valence-corrected chi connectivity index (χ0v) is 11.4. The molecule has 100 valence electrons. The highest BCUT2D eigenvalue weighted by molar-refractivity contribution is 5.82. The van der Waals surface area contributed by atoms with Crippen LogP contribution in [-0.4, -0.2) is 37.6 Å². The lowest BCUT2D eigenvalue weighted by Crippen LogP contribution is -2.27. The van der Waals surface area contributed by atoms with Crippen molar-refractivity contribution in [2.75, 3.05) is 26.8 Å². The smallest absolute Gasteiger partial charge is 0.152 e. The summed E-state index contributed by atoms with van der Waals surface area (Å²) >= 11 is 0. The molecule has 0 aliphatic carbocycles. The van der Waals surface area contributed by atoms with E-state index in [1.165, 1.54) is 5.56 Å². The van der Waals surface area contributed by atoms with Gasteiger partial charge in [-0.3, -0.25) is 9.78 Å². The Kier molecular flexibility index (Phi) is 6.54. The molecule has 18 heavy (non-hydrogen) atoms. The summed E-state index contributed by atoms with van der Waals surface area (Å²) in [7, 11) is 1.64. The number of nitrogens with zero attached hydrogens (tertiary/aromatic N) is 1. The van der Waals surface area contributed by atoms with Crippen molar-refractivity contribution in [3.63, 3.8) is 0 Å². The number of carbonyl (C=O) groups excluding carboxylic acids is 1. The number of hydrogen-bond donors (Lipinski definition) is 1. The van der Waals surface area contributed by atoms with Crippen LogP contribution in [-0.2, 0) is 16.0 Å². The molecule has 0 amide bonds. The van der Waals surface area contributed by atoms with E-state index in [2.05, 4.69) is 24.1 Å². The van der Waals surface area contributed by atoms with Gasteiger partial charge in [-0.1, -0.05) is 19.9 Å². The second-order valence-electron chi connectivity index (χ2n) is 4.62. The van der Waals surface area contributed by atoms with E-state index in [0.717, 1.165) is 5.69 Å². The van der Waals surface area contributed by atoms with Gasteiger partial charge in [-0.25, -0.2) is 0 Å². The minimum atomic E-state index is 0.149. The van der Waals surface area contributed by atoms with Gasteiger partial charge in [0.15, 0.2) is 5.78 Å². The van der Waals surface area contributed by atoms with Gasteiger partial charge in [-0.2, -0.15) is 0 Å². The number of aromatic nitrogens is 1. The zero-order chi connectivity index (χ0) is 13.4. The van der Waals surface area contributed by atoms with Crippen molar-refractivity contribution >= 4 is 5.78 Å². The molecule has 4 nitrogen and oxygen atoms in total. The molecule has 4 heteroatoms.